The van der Waals surface area contributed by atoms with Gasteiger partial charge in [0.25, 0.3) is 5.91 Å². The number of carbonyl (C=O) groups excluding carboxylic acids is 3. The molecule has 4 atom stereocenters. The minimum Gasteiger partial charge on any atom is -0.453 e. The molecule has 4 unspecified atom stereocenters. The number of halogens is 1. The van der Waals surface area contributed by atoms with E-state index in [9.17, 15) is 14.4 Å². The predicted molar refractivity (Wildman–Crippen MR) is 147 cm³/mol. The number of furan rings is 1. The van der Waals surface area contributed by atoms with Gasteiger partial charge in [0.05, 0.1) is 16.6 Å². The van der Waals surface area contributed by atoms with Crippen LogP contribution in [0.15, 0.2) is 71.1 Å². The molecule has 8 rings (SSSR count). The van der Waals surface area contributed by atoms with Crippen LogP contribution in [0.3, 0.4) is 0 Å². The first kappa shape index (κ1) is 23.0. The number of hydrogen-bond acceptors (Lipinski definition) is 5. The number of amides is 2. The molecule has 1 aromatic heterocycles. The molecule has 0 radical (unpaired) electrons. The molecular weight excluding hydrogens is 514 g/mol. The molecule has 0 aliphatic carbocycles. The summed E-state index contributed by atoms with van der Waals surface area (Å²) in [6.45, 7) is 2.50. The van der Waals surface area contributed by atoms with Gasteiger partial charge in [-0.1, -0.05) is 54.1 Å². The molecule has 4 aromatic rings. The lowest BCUT2D eigenvalue weighted by molar-refractivity contribution is -0.137. The molecule has 3 aromatic carbocycles. The van der Waals surface area contributed by atoms with Gasteiger partial charge in [0.15, 0.2) is 5.76 Å². The standard InChI is InChI=1S/C31H24ClN3O4/c1-16-13-19-26(20(32)14-16)34-29(38)31(19)30(18-8-3-4-9-21(18)33-28(30)37)25(22-10-6-12-35(22)31)27(36)24-15-17-7-2-5-11-23(17)39-24/h2-5,7-9,11,13-15,22,25H,6,10,12H2,1H3,(H,33,37)(H,34,38). The molecule has 39 heavy (non-hydrogen) atoms. The summed E-state index contributed by atoms with van der Waals surface area (Å²) < 4.78 is 6.08. The van der Waals surface area contributed by atoms with E-state index >= 15 is 0 Å². The van der Waals surface area contributed by atoms with E-state index in [-0.39, 0.29) is 29.4 Å². The Morgan fingerprint density at radius 3 is 2.64 bits per heavy atom. The number of nitrogens with one attached hydrogen (secondary N) is 2. The van der Waals surface area contributed by atoms with Crippen LogP contribution in [0.2, 0.25) is 5.02 Å². The number of Topliss-reactive ketones (excluding diaryl/α,β-unsaturated/α-hetero) is 1. The number of carbonyl (C=O) groups is 3. The number of ketones is 1. The van der Waals surface area contributed by atoms with Crippen molar-refractivity contribution < 1.29 is 18.8 Å². The first-order valence-corrected chi connectivity index (χ1v) is 13.6. The molecule has 2 spiro atoms. The minimum absolute atomic E-state index is 0.197. The van der Waals surface area contributed by atoms with Gasteiger partial charge in [0.1, 0.15) is 16.5 Å². The van der Waals surface area contributed by atoms with Crippen LogP contribution >= 0.6 is 11.6 Å². The van der Waals surface area contributed by atoms with E-state index in [1.54, 1.807) is 6.07 Å². The molecule has 2 saturated heterocycles. The highest BCUT2D eigenvalue weighted by Crippen LogP contribution is 2.68. The van der Waals surface area contributed by atoms with Crippen LogP contribution in [-0.4, -0.2) is 35.1 Å². The SMILES string of the molecule is Cc1cc(Cl)c2c(c1)C1(C(=O)N2)N2CCCC2C(C(=O)c2cc3ccccc3o2)C12C(=O)Nc1ccccc12. The van der Waals surface area contributed by atoms with Crippen molar-refractivity contribution >= 4 is 51.5 Å². The zero-order chi connectivity index (χ0) is 26.7. The number of benzene rings is 3. The Bertz CT molecular complexity index is 1750. The first-order chi connectivity index (χ1) is 18.9. The molecule has 194 valence electrons. The zero-order valence-corrected chi connectivity index (χ0v) is 21.8. The fraction of sp³-hybridized carbons (Fsp3) is 0.258. The summed E-state index contributed by atoms with van der Waals surface area (Å²) in [6.07, 6.45) is 1.48. The Balaban J connectivity index is 1.48. The topological polar surface area (TPSA) is 91.7 Å². The molecule has 5 heterocycles. The van der Waals surface area contributed by atoms with Crippen molar-refractivity contribution in [3.05, 3.63) is 94.2 Å². The highest BCUT2D eigenvalue weighted by Gasteiger charge is 2.81. The molecule has 2 fully saturated rings. The fourth-order valence-electron chi connectivity index (χ4n) is 8.03. The maximum atomic E-state index is 14.7. The number of rotatable bonds is 2. The van der Waals surface area contributed by atoms with Crippen molar-refractivity contribution in [3.63, 3.8) is 0 Å². The van der Waals surface area contributed by atoms with Crippen molar-refractivity contribution in [3.8, 4) is 0 Å². The van der Waals surface area contributed by atoms with Gasteiger partial charge in [-0.05, 0) is 61.7 Å². The molecule has 4 aliphatic heterocycles. The minimum atomic E-state index is -1.53. The second-order valence-electron chi connectivity index (χ2n) is 11.0. The van der Waals surface area contributed by atoms with Crippen LogP contribution in [0.5, 0.6) is 0 Å². The second kappa shape index (κ2) is 7.58. The lowest BCUT2D eigenvalue weighted by Gasteiger charge is -2.43. The normalized spacial score (nSPS) is 28.7. The molecule has 7 nitrogen and oxygen atoms in total. The van der Waals surface area contributed by atoms with Gasteiger partial charge in [-0.2, -0.15) is 0 Å². The van der Waals surface area contributed by atoms with E-state index in [1.165, 1.54) is 0 Å². The summed E-state index contributed by atoms with van der Waals surface area (Å²) in [6, 6.07) is 20.0. The Hall–Kier alpha value is -3.94. The van der Waals surface area contributed by atoms with E-state index in [2.05, 4.69) is 15.5 Å². The predicted octanol–water partition coefficient (Wildman–Crippen LogP) is 5.41. The van der Waals surface area contributed by atoms with Crippen molar-refractivity contribution in [1.29, 1.82) is 0 Å². The lowest BCUT2D eigenvalue weighted by Crippen LogP contribution is -2.62. The summed E-state index contributed by atoms with van der Waals surface area (Å²) in [5.41, 5.74) is 0.916. The maximum Gasteiger partial charge on any atom is 0.251 e. The molecule has 4 aliphatic rings. The van der Waals surface area contributed by atoms with E-state index < -0.39 is 16.9 Å². The third-order valence-corrected chi connectivity index (χ3v) is 9.55. The summed E-state index contributed by atoms with van der Waals surface area (Å²) in [5.74, 6) is -1.62. The zero-order valence-electron chi connectivity index (χ0n) is 21.1. The summed E-state index contributed by atoms with van der Waals surface area (Å²) >= 11 is 6.70. The smallest absolute Gasteiger partial charge is 0.251 e. The number of nitrogens with zero attached hydrogens (tertiary/aromatic N) is 1. The third kappa shape index (κ3) is 2.55. The van der Waals surface area contributed by atoms with Gasteiger partial charge in [-0.25, -0.2) is 0 Å². The highest BCUT2D eigenvalue weighted by molar-refractivity contribution is 6.35. The summed E-state index contributed by atoms with van der Waals surface area (Å²) in [4.78, 5) is 45.9. The van der Waals surface area contributed by atoms with E-state index in [0.29, 0.717) is 46.1 Å². The Morgan fingerprint density at radius 1 is 1.00 bits per heavy atom. The van der Waals surface area contributed by atoms with E-state index in [1.807, 2.05) is 67.6 Å². The number of para-hydroxylation sites is 2. The fourth-order valence-corrected chi connectivity index (χ4v) is 8.35. The Kier molecular flexibility index (Phi) is 4.47. The van der Waals surface area contributed by atoms with Crippen molar-refractivity contribution in [1.82, 2.24) is 4.90 Å². The van der Waals surface area contributed by atoms with Crippen molar-refractivity contribution in [2.24, 2.45) is 5.92 Å². The van der Waals surface area contributed by atoms with Crippen LogP contribution in [0.4, 0.5) is 11.4 Å². The van der Waals surface area contributed by atoms with Gasteiger partial charge < -0.3 is 15.1 Å². The van der Waals surface area contributed by atoms with Crippen molar-refractivity contribution in [2.75, 3.05) is 17.2 Å². The van der Waals surface area contributed by atoms with Gasteiger partial charge in [0, 0.05) is 22.7 Å². The third-order valence-electron chi connectivity index (χ3n) is 9.25. The molecular formula is C31H24ClN3O4. The van der Waals surface area contributed by atoms with Crippen LogP contribution in [0, 0.1) is 12.8 Å². The van der Waals surface area contributed by atoms with Gasteiger partial charge in [-0.3, -0.25) is 19.3 Å². The number of hydrogen-bond donors (Lipinski definition) is 2. The van der Waals surface area contributed by atoms with Crippen molar-refractivity contribution in [2.45, 2.75) is 36.8 Å². The number of aryl methyl sites for hydroxylation is 1. The Labute approximate surface area is 229 Å². The molecule has 0 saturated carbocycles. The quantitative estimate of drug-likeness (QED) is 0.334. The monoisotopic (exact) mass is 537 g/mol. The van der Waals surface area contributed by atoms with Crippen LogP contribution in [0.1, 0.15) is 40.1 Å². The summed E-state index contributed by atoms with van der Waals surface area (Å²) in [7, 11) is 0. The maximum absolute atomic E-state index is 14.7. The van der Waals surface area contributed by atoms with Gasteiger partial charge in [0.2, 0.25) is 11.7 Å². The molecule has 0 bridgehead atoms. The highest BCUT2D eigenvalue weighted by atomic mass is 35.5. The molecule has 2 amide bonds. The van der Waals surface area contributed by atoms with Crippen LogP contribution in [-0.2, 0) is 20.5 Å². The lowest BCUT2D eigenvalue weighted by atomic mass is 9.57. The first-order valence-electron chi connectivity index (χ1n) is 13.2. The van der Waals surface area contributed by atoms with E-state index in [0.717, 1.165) is 17.4 Å². The van der Waals surface area contributed by atoms with E-state index in [4.69, 9.17) is 16.0 Å². The second-order valence-corrected chi connectivity index (χ2v) is 11.4. The summed E-state index contributed by atoms with van der Waals surface area (Å²) in [5, 5.41) is 7.32. The molecule has 2 N–H and O–H groups in total. The van der Waals surface area contributed by atoms with Gasteiger partial charge in [-0.15, -0.1) is 0 Å². The average Bonchev–Trinajstić information content (AvgIpc) is 3.71. The largest absolute Gasteiger partial charge is 0.453 e. The van der Waals surface area contributed by atoms with Crippen LogP contribution < -0.4 is 10.6 Å². The average molecular weight is 538 g/mol. The molecule has 8 heteroatoms. The Morgan fingerprint density at radius 2 is 1.79 bits per heavy atom. The van der Waals surface area contributed by atoms with Gasteiger partial charge >= 0.3 is 0 Å². The van der Waals surface area contributed by atoms with Crippen LogP contribution in [0.25, 0.3) is 11.0 Å². The number of fused-ring (bicyclic) bond motifs is 8. The number of anilines is 2.